The molecule has 0 radical (unpaired) electrons. The van der Waals surface area contributed by atoms with Gasteiger partial charge in [0, 0.05) is 7.11 Å². The van der Waals surface area contributed by atoms with E-state index >= 15 is 0 Å². The van der Waals surface area contributed by atoms with Gasteiger partial charge in [-0.2, -0.15) is 0 Å². The van der Waals surface area contributed by atoms with Crippen molar-refractivity contribution in [2.75, 3.05) is 13.7 Å². The van der Waals surface area contributed by atoms with E-state index < -0.39 is 12.0 Å². The normalized spacial score (nSPS) is 13.1. The van der Waals surface area contributed by atoms with Crippen LogP contribution in [0.5, 0.6) is 0 Å². The SMILES string of the molecule is COC[C@H](NCl)C(=O)O. The Morgan fingerprint density at radius 2 is 2.56 bits per heavy atom. The second-order valence-corrected chi connectivity index (χ2v) is 1.67. The van der Waals surface area contributed by atoms with E-state index in [1.807, 2.05) is 0 Å². The number of carbonyl (C=O) groups is 1. The topological polar surface area (TPSA) is 58.6 Å². The van der Waals surface area contributed by atoms with Gasteiger partial charge in [-0.1, -0.05) is 0 Å². The Labute approximate surface area is 57.9 Å². The molecule has 0 heterocycles. The van der Waals surface area contributed by atoms with Gasteiger partial charge in [0.25, 0.3) is 0 Å². The maximum Gasteiger partial charge on any atom is 0.324 e. The van der Waals surface area contributed by atoms with Crippen LogP contribution in [0, 0.1) is 0 Å². The molecule has 54 valence electrons. The number of hydrogen-bond acceptors (Lipinski definition) is 3. The molecule has 4 nitrogen and oxygen atoms in total. The van der Waals surface area contributed by atoms with Crippen LogP contribution in [0.1, 0.15) is 0 Å². The average molecular weight is 154 g/mol. The Kier molecular flexibility index (Phi) is 4.39. The third kappa shape index (κ3) is 3.29. The van der Waals surface area contributed by atoms with E-state index in [0.717, 1.165) is 0 Å². The first-order chi connectivity index (χ1) is 4.22. The van der Waals surface area contributed by atoms with Crippen molar-refractivity contribution in [3.63, 3.8) is 0 Å². The molecule has 0 aromatic heterocycles. The maximum absolute atomic E-state index is 10.1. The first-order valence-corrected chi connectivity index (χ1v) is 2.68. The third-order valence-corrected chi connectivity index (χ3v) is 1.03. The molecule has 0 bridgehead atoms. The van der Waals surface area contributed by atoms with Crippen LogP contribution in [0.2, 0.25) is 0 Å². The highest BCUT2D eigenvalue weighted by molar-refractivity contribution is 6.14. The number of rotatable bonds is 4. The lowest BCUT2D eigenvalue weighted by Crippen LogP contribution is -2.34. The van der Waals surface area contributed by atoms with Gasteiger partial charge in [0.15, 0.2) is 0 Å². The highest BCUT2D eigenvalue weighted by Gasteiger charge is 2.14. The van der Waals surface area contributed by atoms with Crippen LogP contribution in [0.4, 0.5) is 0 Å². The summed E-state index contributed by atoms with van der Waals surface area (Å²) in [6, 6.07) is -0.823. The second-order valence-electron chi connectivity index (χ2n) is 1.46. The number of nitrogens with one attached hydrogen (secondary N) is 1. The molecule has 1 atom stereocenters. The molecule has 0 aliphatic rings. The van der Waals surface area contributed by atoms with Crippen molar-refractivity contribution >= 4 is 17.7 Å². The van der Waals surface area contributed by atoms with Crippen LogP contribution in [0.15, 0.2) is 0 Å². The van der Waals surface area contributed by atoms with E-state index in [2.05, 4.69) is 9.57 Å². The zero-order valence-electron chi connectivity index (χ0n) is 4.93. The predicted molar refractivity (Wildman–Crippen MR) is 32.3 cm³/mol. The fourth-order valence-corrected chi connectivity index (χ4v) is 0.472. The monoisotopic (exact) mass is 153 g/mol. The highest BCUT2D eigenvalue weighted by atomic mass is 35.5. The van der Waals surface area contributed by atoms with Gasteiger partial charge in [-0.15, -0.1) is 0 Å². The molecule has 0 aliphatic heterocycles. The fraction of sp³-hybridized carbons (Fsp3) is 0.750. The summed E-state index contributed by atoms with van der Waals surface area (Å²) in [7, 11) is 1.41. The van der Waals surface area contributed by atoms with Crippen molar-refractivity contribution in [1.29, 1.82) is 0 Å². The summed E-state index contributed by atoms with van der Waals surface area (Å²) >= 11 is 5.03. The van der Waals surface area contributed by atoms with E-state index in [4.69, 9.17) is 16.9 Å². The van der Waals surface area contributed by atoms with Crippen molar-refractivity contribution in [3.05, 3.63) is 0 Å². The molecule has 0 fully saturated rings. The van der Waals surface area contributed by atoms with Crippen LogP contribution >= 0.6 is 11.8 Å². The average Bonchev–Trinajstić information content (AvgIpc) is 1.82. The number of methoxy groups -OCH3 is 1. The summed E-state index contributed by atoms with van der Waals surface area (Å²) in [5.41, 5.74) is 0. The van der Waals surface area contributed by atoms with E-state index in [0.29, 0.717) is 0 Å². The molecule has 0 aromatic rings. The summed E-state index contributed by atoms with van der Waals surface area (Å²) in [4.78, 5) is 12.1. The zero-order chi connectivity index (χ0) is 7.28. The van der Waals surface area contributed by atoms with E-state index in [-0.39, 0.29) is 6.61 Å². The van der Waals surface area contributed by atoms with E-state index in [1.165, 1.54) is 7.11 Å². The minimum absolute atomic E-state index is 0.0683. The predicted octanol–water partition coefficient (Wildman–Crippen LogP) is -0.171. The van der Waals surface area contributed by atoms with E-state index in [1.54, 1.807) is 0 Å². The van der Waals surface area contributed by atoms with Gasteiger partial charge in [0.1, 0.15) is 6.04 Å². The molecular formula is C4H8ClNO3. The van der Waals surface area contributed by atoms with Crippen molar-refractivity contribution in [3.8, 4) is 0 Å². The Balaban J connectivity index is 3.54. The summed E-state index contributed by atoms with van der Waals surface area (Å²) in [6.07, 6.45) is 0. The van der Waals surface area contributed by atoms with Gasteiger partial charge < -0.3 is 9.84 Å². The van der Waals surface area contributed by atoms with Crippen LogP contribution < -0.4 is 4.84 Å². The lowest BCUT2D eigenvalue weighted by atomic mass is 10.3. The van der Waals surface area contributed by atoms with Crippen LogP contribution in [-0.2, 0) is 9.53 Å². The Morgan fingerprint density at radius 3 is 2.67 bits per heavy atom. The van der Waals surface area contributed by atoms with Gasteiger partial charge in [-0.05, 0) is 11.8 Å². The van der Waals surface area contributed by atoms with Crippen molar-refractivity contribution in [2.24, 2.45) is 0 Å². The van der Waals surface area contributed by atoms with Gasteiger partial charge >= 0.3 is 5.97 Å². The van der Waals surface area contributed by atoms with Crippen LogP contribution in [-0.4, -0.2) is 30.8 Å². The molecule has 0 unspecified atom stereocenters. The molecule has 2 N–H and O–H groups in total. The van der Waals surface area contributed by atoms with Gasteiger partial charge in [0.05, 0.1) is 6.61 Å². The molecule has 0 aliphatic carbocycles. The molecule has 0 rings (SSSR count). The standard InChI is InChI=1S/C4H8ClNO3/c1-9-2-3(6-5)4(7)8/h3,6H,2H2,1H3,(H,7,8)/t3-/m0/s1. The summed E-state index contributed by atoms with van der Waals surface area (Å²) in [6.45, 7) is 0.0683. The zero-order valence-corrected chi connectivity index (χ0v) is 5.68. The molecular weight excluding hydrogens is 146 g/mol. The summed E-state index contributed by atoms with van der Waals surface area (Å²) < 4.78 is 4.53. The maximum atomic E-state index is 10.1. The highest BCUT2D eigenvalue weighted by Crippen LogP contribution is 1.85. The summed E-state index contributed by atoms with van der Waals surface area (Å²) in [5.74, 6) is -1.02. The number of carboxylic acid groups (broad SMARTS) is 1. The molecule has 0 saturated carbocycles. The van der Waals surface area contributed by atoms with Gasteiger partial charge in [-0.25, -0.2) is 4.84 Å². The number of ether oxygens (including phenoxy) is 1. The minimum Gasteiger partial charge on any atom is -0.480 e. The summed E-state index contributed by atoms with van der Waals surface area (Å²) in [5, 5.41) is 8.28. The first-order valence-electron chi connectivity index (χ1n) is 2.30. The molecule has 5 heteroatoms. The Bertz CT molecular complexity index is 97.8. The van der Waals surface area contributed by atoms with Crippen LogP contribution in [0.3, 0.4) is 0 Å². The quantitative estimate of drug-likeness (QED) is 0.551. The molecule has 0 spiro atoms. The van der Waals surface area contributed by atoms with Crippen molar-refractivity contribution < 1.29 is 14.6 Å². The third-order valence-electron chi connectivity index (χ3n) is 0.763. The fourth-order valence-electron chi connectivity index (χ4n) is 0.316. The molecule has 0 amide bonds. The molecule has 0 aromatic carbocycles. The lowest BCUT2D eigenvalue weighted by molar-refractivity contribution is -0.140. The van der Waals surface area contributed by atoms with Gasteiger partial charge in [0.2, 0.25) is 0 Å². The molecule has 9 heavy (non-hydrogen) atoms. The number of aliphatic carboxylic acids is 1. The van der Waals surface area contributed by atoms with Crippen LogP contribution in [0.25, 0.3) is 0 Å². The first kappa shape index (κ1) is 8.68. The van der Waals surface area contributed by atoms with Gasteiger partial charge in [-0.3, -0.25) is 4.79 Å². The van der Waals surface area contributed by atoms with E-state index in [9.17, 15) is 4.79 Å². The smallest absolute Gasteiger partial charge is 0.324 e. The number of hydrogen-bond donors (Lipinski definition) is 2. The Hall–Kier alpha value is -0.320. The van der Waals surface area contributed by atoms with Crippen molar-refractivity contribution in [1.82, 2.24) is 4.84 Å². The Morgan fingerprint density at radius 1 is 2.00 bits per heavy atom. The lowest BCUT2D eigenvalue weighted by Gasteiger charge is -2.05. The minimum atomic E-state index is -1.02. The van der Waals surface area contributed by atoms with Crippen molar-refractivity contribution in [2.45, 2.75) is 6.04 Å². The number of halogens is 1. The second kappa shape index (κ2) is 4.55. The molecule has 0 saturated heterocycles. The largest absolute Gasteiger partial charge is 0.480 e. The number of carboxylic acids is 1.